The zero-order valence-electron chi connectivity index (χ0n) is 16.6. The molecule has 152 valence electrons. The molecule has 1 aliphatic heterocycles. The van der Waals surface area contributed by atoms with Crippen molar-refractivity contribution >= 4 is 27.2 Å². The molecule has 0 bridgehead atoms. The summed E-state index contributed by atoms with van der Waals surface area (Å²) in [7, 11) is -1.49. The van der Waals surface area contributed by atoms with Gasteiger partial charge in [-0.1, -0.05) is 19.9 Å². The lowest BCUT2D eigenvalue weighted by Gasteiger charge is -2.36. The minimum atomic E-state index is -2.89. The molecule has 2 N–H and O–H groups in total. The molecule has 1 aromatic rings. The van der Waals surface area contributed by atoms with Crippen LogP contribution in [0.4, 0.5) is 11.4 Å². The normalized spacial score (nSPS) is 18.0. The topological polar surface area (TPSA) is 89.7 Å². The number of nitrogens with two attached hydrogens (primary N) is 1. The number of carbonyl (C=O) groups excluding carboxylic acids is 1. The predicted molar refractivity (Wildman–Crippen MR) is 110 cm³/mol. The third-order valence-corrected chi connectivity index (χ3v) is 7.11. The standard InChI is InChI=1S/C20H32N2O4S/c1-4-10-22(17-8-11-27(24,25)12-9-17)19-7-6-16(13-18(19)21)15(5-2)14-20(23)26-3/h6-7,13,15,17H,4-5,8-12,14,21H2,1-3H3. The Morgan fingerprint density at radius 2 is 1.96 bits per heavy atom. The van der Waals surface area contributed by atoms with Crippen LogP contribution in [0.25, 0.3) is 0 Å². The highest BCUT2D eigenvalue weighted by Gasteiger charge is 2.29. The summed E-state index contributed by atoms with van der Waals surface area (Å²) >= 11 is 0. The van der Waals surface area contributed by atoms with Crippen molar-refractivity contribution < 1.29 is 17.9 Å². The second-order valence-corrected chi connectivity index (χ2v) is 9.58. The summed E-state index contributed by atoms with van der Waals surface area (Å²) in [6.07, 6.45) is 3.41. The summed E-state index contributed by atoms with van der Waals surface area (Å²) in [6.45, 7) is 5.00. The number of methoxy groups -OCH3 is 1. The summed E-state index contributed by atoms with van der Waals surface area (Å²) in [5.74, 6) is 0.341. The van der Waals surface area contributed by atoms with Crippen molar-refractivity contribution in [3.63, 3.8) is 0 Å². The highest BCUT2D eigenvalue weighted by molar-refractivity contribution is 7.91. The molecule has 0 radical (unpaired) electrons. The van der Waals surface area contributed by atoms with E-state index >= 15 is 0 Å². The van der Waals surface area contributed by atoms with Crippen molar-refractivity contribution in [3.05, 3.63) is 23.8 Å². The molecule has 7 heteroatoms. The van der Waals surface area contributed by atoms with Gasteiger partial charge in [0.25, 0.3) is 0 Å². The van der Waals surface area contributed by atoms with Crippen LogP contribution in [0.5, 0.6) is 0 Å². The summed E-state index contributed by atoms with van der Waals surface area (Å²) in [6, 6.07) is 6.20. The minimum absolute atomic E-state index is 0.0771. The van der Waals surface area contributed by atoms with Gasteiger partial charge in [0.15, 0.2) is 0 Å². The van der Waals surface area contributed by atoms with E-state index < -0.39 is 9.84 Å². The average molecular weight is 397 g/mol. The fourth-order valence-electron chi connectivity index (χ4n) is 3.80. The third kappa shape index (κ3) is 5.61. The van der Waals surface area contributed by atoms with E-state index in [4.69, 9.17) is 10.5 Å². The Bertz CT molecular complexity index is 734. The Kier molecular flexibility index (Phi) is 7.53. The zero-order valence-corrected chi connectivity index (χ0v) is 17.4. The molecule has 27 heavy (non-hydrogen) atoms. The maximum atomic E-state index is 11.8. The number of nitrogen functional groups attached to an aromatic ring is 1. The van der Waals surface area contributed by atoms with E-state index in [0.717, 1.165) is 30.6 Å². The summed E-state index contributed by atoms with van der Waals surface area (Å²) in [4.78, 5) is 13.9. The number of nitrogens with zero attached hydrogens (tertiary/aromatic N) is 1. The number of rotatable bonds is 8. The monoisotopic (exact) mass is 396 g/mol. The molecule has 0 aliphatic carbocycles. The van der Waals surface area contributed by atoms with E-state index in [-0.39, 0.29) is 29.4 Å². The molecule has 0 aromatic heterocycles. The van der Waals surface area contributed by atoms with Gasteiger partial charge >= 0.3 is 5.97 Å². The number of carbonyl (C=O) groups is 1. The second kappa shape index (κ2) is 9.44. The maximum Gasteiger partial charge on any atom is 0.306 e. The Hall–Kier alpha value is -1.76. The van der Waals surface area contributed by atoms with E-state index in [9.17, 15) is 13.2 Å². The lowest BCUT2D eigenvalue weighted by atomic mass is 9.92. The molecule has 1 aromatic carbocycles. The van der Waals surface area contributed by atoms with Crippen molar-refractivity contribution in [3.8, 4) is 0 Å². The molecule has 1 fully saturated rings. The molecule has 1 saturated heterocycles. The van der Waals surface area contributed by atoms with Crippen LogP contribution in [-0.4, -0.2) is 45.6 Å². The Labute approximate surface area is 163 Å². The van der Waals surface area contributed by atoms with Gasteiger partial charge in [-0.2, -0.15) is 0 Å². The van der Waals surface area contributed by atoms with Crippen LogP contribution in [-0.2, 0) is 19.4 Å². The molecule has 6 nitrogen and oxygen atoms in total. The molecule has 0 saturated carbocycles. The maximum absolute atomic E-state index is 11.8. The van der Waals surface area contributed by atoms with Crippen molar-refractivity contribution in [2.24, 2.45) is 0 Å². The van der Waals surface area contributed by atoms with Crippen LogP contribution in [0.3, 0.4) is 0 Å². The van der Waals surface area contributed by atoms with Gasteiger partial charge in [0, 0.05) is 12.6 Å². The van der Waals surface area contributed by atoms with Crippen molar-refractivity contribution in [1.29, 1.82) is 0 Å². The van der Waals surface area contributed by atoms with Gasteiger partial charge in [0.2, 0.25) is 0 Å². The fourth-order valence-corrected chi connectivity index (χ4v) is 5.27. The van der Waals surface area contributed by atoms with Crippen LogP contribution in [0.15, 0.2) is 18.2 Å². The first-order valence-corrected chi connectivity index (χ1v) is 11.6. The number of ether oxygens (including phenoxy) is 1. The predicted octanol–water partition coefficient (Wildman–Crippen LogP) is 3.12. The van der Waals surface area contributed by atoms with E-state index in [1.807, 2.05) is 25.1 Å². The first kappa shape index (κ1) is 21.5. The van der Waals surface area contributed by atoms with E-state index in [1.54, 1.807) is 0 Å². The van der Waals surface area contributed by atoms with Crippen LogP contribution < -0.4 is 10.6 Å². The number of hydrogen-bond donors (Lipinski definition) is 1. The molecule has 1 atom stereocenters. The summed E-state index contributed by atoms with van der Waals surface area (Å²) in [5.41, 5.74) is 9.06. The zero-order chi connectivity index (χ0) is 20.0. The average Bonchev–Trinajstić information content (AvgIpc) is 2.64. The summed E-state index contributed by atoms with van der Waals surface area (Å²) < 4.78 is 28.3. The van der Waals surface area contributed by atoms with Crippen LogP contribution in [0.2, 0.25) is 0 Å². The Morgan fingerprint density at radius 1 is 1.30 bits per heavy atom. The van der Waals surface area contributed by atoms with Gasteiger partial charge in [-0.3, -0.25) is 4.79 Å². The highest BCUT2D eigenvalue weighted by Crippen LogP contribution is 2.33. The van der Waals surface area contributed by atoms with Crippen LogP contribution in [0, 0.1) is 0 Å². The molecule has 1 aliphatic rings. The first-order valence-electron chi connectivity index (χ1n) is 9.74. The van der Waals surface area contributed by atoms with Crippen molar-refractivity contribution in [2.75, 3.05) is 35.8 Å². The van der Waals surface area contributed by atoms with Crippen LogP contribution in [0.1, 0.15) is 57.4 Å². The van der Waals surface area contributed by atoms with Gasteiger partial charge in [-0.25, -0.2) is 8.42 Å². The van der Waals surface area contributed by atoms with Crippen molar-refractivity contribution in [2.45, 2.75) is 57.9 Å². The molecule has 1 unspecified atom stereocenters. The number of esters is 1. The fraction of sp³-hybridized carbons (Fsp3) is 0.650. The van der Waals surface area contributed by atoms with Gasteiger partial charge in [0.05, 0.1) is 36.4 Å². The van der Waals surface area contributed by atoms with Crippen LogP contribution >= 0.6 is 0 Å². The van der Waals surface area contributed by atoms with Gasteiger partial charge in [0.1, 0.15) is 9.84 Å². The molecule has 2 rings (SSSR count). The second-order valence-electron chi connectivity index (χ2n) is 7.28. The van der Waals surface area contributed by atoms with Gasteiger partial charge in [-0.05, 0) is 49.3 Å². The van der Waals surface area contributed by atoms with E-state index in [2.05, 4.69) is 11.8 Å². The minimum Gasteiger partial charge on any atom is -0.469 e. The van der Waals surface area contributed by atoms with Gasteiger partial charge < -0.3 is 15.4 Å². The highest BCUT2D eigenvalue weighted by atomic mass is 32.2. The SMILES string of the molecule is CCCN(c1ccc(C(CC)CC(=O)OC)cc1N)C1CCS(=O)(=O)CC1. The molecular weight excluding hydrogens is 364 g/mol. The molecule has 1 heterocycles. The largest absolute Gasteiger partial charge is 0.469 e. The molecule has 0 amide bonds. The summed E-state index contributed by atoms with van der Waals surface area (Å²) in [5, 5.41) is 0. The van der Waals surface area contributed by atoms with Crippen molar-refractivity contribution in [1.82, 2.24) is 0 Å². The third-order valence-electron chi connectivity index (χ3n) is 5.40. The quantitative estimate of drug-likeness (QED) is 0.536. The number of sulfone groups is 1. The lowest BCUT2D eigenvalue weighted by molar-refractivity contribution is -0.141. The number of benzene rings is 1. The lowest BCUT2D eigenvalue weighted by Crippen LogP contribution is -2.42. The first-order chi connectivity index (χ1) is 12.8. The number of anilines is 2. The molecular formula is C20H32N2O4S. The smallest absolute Gasteiger partial charge is 0.306 e. The Balaban J connectivity index is 2.23. The Morgan fingerprint density at radius 3 is 2.48 bits per heavy atom. The van der Waals surface area contributed by atoms with Gasteiger partial charge in [-0.15, -0.1) is 0 Å². The molecule has 0 spiro atoms. The van der Waals surface area contributed by atoms with E-state index in [1.165, 1.54) is 7.11 Å². The number of hydrogen-bond acceptors (Lipinski definition) is 6. The van der Waals surface area contributed by atoms with E-state index in [0.29, 0.717) is 24.9 Å².